The molecule has 114 valence electrons. The van der Waals surface area contributed by atoms with E-state index in [2.05, 4.69) is 5.32 Å². The van der Waals surface area contributed by atoms with E-state index in [-0.39, 0.29) is 16.5 Å². The van der Waals surface area contributed by atoms with Gasteiger partial charge in [-0.15, -0.1) is 0 Å². The van der Waals surface area contributed by atoms with Crippen LogP contribution in [-0.2, 0) is 19.6 Å². The molecule has 1 amide bonds. The molecule has 0 radical (unpaired) electrons. The number of piperazine rings is 1. The van der Waals surface area contributed by atoms with Crippen LogP contribution >= 0.6 is 11.6 Å². The van der Waals surface area contributed by atoms with Gasteiger partial charge in [0.25, 0.3) is 0 Å². The first kappa shape index (κ1) is 15.7. The second-order valence-corrected chi connectivity index (χ2v) is 6.91. The minimum Gasteiger partial charge on any atom is -0.480 e. The number of carbonyl (C=O) groups is 2. The van der Waals surface area contributed by atoms with Crippen molar-refractivity contribution in [1.82, 2.24) is 9.62 Å². The molecule has 1 heterocycles. The predicted molar refractivity (Wildman–Crippen MR) is 74.5 cm³/mol. The summed E-state index contributed by atoms with van der Waals surface area (Å²) in [4.78, 5) is 22.4. The SMILES string of the molecule is Cc1ccc(S(=O)(=O)N2CC(=O)NCC2C(=O)O)c(Cl)c1. The van der Waals surface area contributed by atoms with Gasteiger partial charge in [0.1, 0.15) is 10.9 Å². The zero-order valence-electron chi connectivity index (χ0n) is 11.0. The molecule has 0 aliphatic carbocycles. The molecule has 0 spiro atoms. The Kier molecular flexibility index (Phi) is 4.22. The minimum atomic E-state index is -4.18. The van der Waals surface area contributed by atoms with Crippen LogP contribution in [0.15, 0.2) is 23.1 Å². The molecule has 1 aromatic carbocycles. The first-order valence-electron chi connectivity index (χ1n) is 6.01. The first-order valence-corrected chi connectivity index (χ1v) is 7.83. The standard InChI is InChI=1S/C12H13ClN2O5S/c1-7-2-3-10(8(13)4-7)21(19,20)15-6-11(16)14-5-9(15)12(17)18/h2-4,9H,5-6H2,1H3,(H,14,16)(H,17,18). The van der Waals surface area contributed by atoms with Gasteiger partial charge in [0.2, 0.25) is 15.9 Å². The van der Waals surface area contributed by atoms with Gasteiger partial charge in [-0.2, -0.15) is 4.31 Å². The van der Waals surface area contributed by atoms with Gasteiger partial charge in [-0.3, -0.25) is 9.59 Å². The molecular weight excluding hydrogens is 320 g/mol. The molecule has 1 atom stereocenters. The topological polar surface area (TPSA) is 104 Å². The smallest absolute Gasteiger partial charge is 0.323 e. The van der Waals surface area contributed by atoms with Gasteiger partial charge in [0, 0.05) is 6.54 Å². The van der Waals surface area contributed by atoms with E-state index in [0.29, 0.717) is 4.31 Å². The molecule has 2 N–H and O–H groups in total. The largest absolute Gasteiger partial charge is 0.480 e. The van der Waals surface area contributed by atoms with Crippen molar-refractivity contribution < 1.29 is 23.1 Å². The Hall–Kier alpha value is -1.64. The van der Waals surface area contributed by atoms with E-state index in [1.54, 1.807) is 13.0 Å². The minimum absolute atomic E-state index is 0.00915. The second kappa shape index (κ2) is 5.63. The maximum atomic E-state index is 12.6. The van der Waals surface area contributed by atoms with Crippen LogP contribution in [0, 0.1) is 6.92 Å². The Morgan fingerprint density at radius 1 is 1.48 bits per heavy atom. The number of aryl methyl sites for hydroxylation is 1. The van der Waals surface area contributed by atoms with Crippen molar-refractivity contribution in [3.63, 3.8) is 0 Å². The van der Waals surface area contributed by atoms with E-state index in [9.17, 15) is 18.0 Å². The lowest BCUT2D eigenvalue weighted by atomic mass is 10.2. The summed E-state index contributed by atoms with van der Waals surface area (Å²) < 4.78 is 25.8. The Labute approximate surface area is 126 Å². The number of hydrogen-bond donors (Lipinski definition) is 2. The number of carbonyl (C=O) groups excluding carboxylic acids is 1. The van der Waals surface area contributed by atoms with Gasteiger partial charge < -0.3 is 10.4 Å². The molecule has 9 heteroatoms. The number of hydrogen-bond acceptors (Lipinski definition) is 4. The summed E-state index contributed by atoms with van der Waals surface area (Å²) in [5.41, 5.74) is 0.769. The van der Waals surface area contributed by atoms with Crippen molar-refractivity contribution in [2.45, 2.75) is 17.9 Å². The third-order valence-corrected chi connectivity index (χ3v) is 5.44. The van der Waals surface area contributed by atoms with E-state index >= 15 is 0 Å². The summed E-state index contributed by atoms with van der Waals surface area (Å²) in [6, 6.07) is 2.97. The Bertz CT molecular complexity index is 704. The lowest BCUT2D eigenvalue weighted by Crippen LogP contribution is -2.59. The lowest BCUT2D eigenvalue weighted by molar-refractivity contribution is -0.143. The summed E-state index contributed by atoms with van der Waals surface area (Å²) in [6.45, 7) is 0.914. The summed E-state index contributed by atoms with van der Waals surface area (Å²) in [7, 11) is -4.18. The maximum absolute atomic E-state index is 12.6. The van der Waals surface area contributed by atoms with E-state index in [1.807, 2.05) is 0 Å². The molecule has 0 bridgehead atoms. The highest BCUT2D eigenvalue weighted by molar-refractivity contribution is 7.89. The third-order valence-electron chi connectivity index (χ3n) is 3.10. The highest BCUT2D eigenvalue weighted by atomic mass is 35.5. The number of amides is 1. The van der Waals surface area contributed by atoms with E-state index < -0.39 is 34.5 Å². The monoisotopic (exact) mass is 332 g/mol. The quantitative estimate of drug-likeness (QED) is 0.824. The van der Waals surface area contributed by atoms with Gasteiger partial charge in [0.05, 0.1) is 11.6 Å². The van der Waals surface area contributed by atoms with Crippen LogP contribution in [0.4, 0.5) is 0 Å². The highest BCUT2D eigenvalue weighted by Gasteiger charge is 2.41. The molecule has 1 aliphatic heterocycles. The van der Waals surface area contributed by atoms with Crippen LogP contribution in [0.3, 0.4) is 0 Å². The number of aliphatic carboxylic acids is 1. The van der Waals surface area contributed by atoms with Crippen molar-refractivity contribution in [3.8, 4) is 0 Å². The third kappa shape index (κ3) is 3.02. The number of nitrogens with zero attached hydrogens (tertiary/aromatic N) is 1. The maximum Gasteiger partial charge on any atom is 0.323 e. The molecule has 21 heavy (non-hydrogen) atoms. The van der Waals surface area contributed by atoms with Crippen molar-refractivity contribution in [3.05, 3.63) is 28.8 Å². The summed E-state index contributed by atoms with van der Waals surface area (Å²) in [5.74, 6) is -1.89. The van der Waals surface area contributed by atoms with E-state index in [4.69, 9.17) is 16.7 Å². The number of halogens is 1. The molecule has 2 rings (SSSR count). The molecule has 1 fully saturated rings. The zero-order chi connectivity index (χ0) is 15.8. The molecule has 1 aromatic rings. The predicted octanol–water partition coefficient (Wildman–Crippen LogP) is 0.222. The summed E-state index contributed by atoms with van der Waals surface area (Å²) in [6.07, 6.45) is 0. The van der Waals surface area contributed by atoms with Crippen molar-refractivity contribution in [1.29, 1.82) is 0 Å². The molecule has 1 unspecified atom stereocenters. The zero-order valence-corrected chi connectivity index (χ0v) is 12.6. The van der Waals surface area contributed by atoms with Crippen LogP contribution in [0.1, 0.15) is 5.56 Å². The van der Waals surface area contributed by atoms with Crippen molar-refractivity contribution in [2.75, 3.05) is 13.1 Å². The van der Waals surface area contributed by atoms with Gasteiger partial charge in [-0.25, -0.2) is 8.42 Å². The number of rotatable bonds is 3. The first-order chi connectivity index (χ1) is 9.73. The molecule has 7 nitrogen and oxygen atoms in total. The van der Waals surface area contributed by atoms with Crippen LogP contribution in [-0.4, -0.2) is 48.8 Å². The van der Waals surface area contributed by atoms with Crippen LogP contribution in [0.25, 0.3) is 0 Å². The Morgan fingerprint density at radius 3 is 2.71 bits per heavy atom. The van der Waals surface area contributed by atoms with Gasteiger partial charge in [-0.05, 0) is 24.6 Å². The fourth-order valence-corrected chi connectivity index (χ4v) is 4.14. The van der Waals surface area contributed by atoms with Gasteiger partial charge >= 0.3 is 5.97 Å². The summed E-state index contributed by atoms with van der Waals surface area (Å²) >= 11 is 5.94. The fourth-order valence-electron chi connectivity index (χ4n) is 2.02. The van der Waals surface area contributed by atoms with Gasteiger partial charge in [-0.1, -0.05) is 17.7 Å². The average Bonchev–Trinajstić information content (AvgIpc) is 2.37. The molecular formula is C12H13ClN2O5S. The molecule has 1 aliphatic rings. The number of nitrogens with one attached hydrogen (secondary N) is 1. The molecule has 0 aromatic heterocycles. The van der Waals surface area contributed by atoms with Crippen molar-refractivity contribution >= 4 is 33.5 Å². The number of sulfonamides is 1. The number of carboxylic acids is 1. The van der Waals surface area contributed by atoms with Gasteiger partial charge in [0.15, 0.2) is 0 Å². The Morgan fingerprint density at radius 2 is 2.14 bits per heavy atom. The average molecular weight is 333 g/mol. The van der Waals surface area contributed by atoms with Crippen LogP contribution in [0.2, 0.25) is 5.02 Å². The normalized spacial score (nSPS) is 20.1. The number of carboxylic acid groups (broad SMARTS) is 1. The van der Waals surface area contributed by atoms with Crippen molar-refractivity contribution in [2.24, 2.45) is 0 Å². The highest BCUT2D eigenvalue weighted by Crippen LogP contribution is 2.27. The van der Waals surface area contributed by atoms with Crippen LogP contribution in [0.5, 0.6) is 0 Å². The van der Waals surface area contributed by atoms with E-state index in [0.717, 1.165) is 5.56 Å². The summed E-state index contributed by atoms with van der Waals surface area (Å²) in [5, 5.41) is 11.5. The number of benzene rings is 1. The van der Waals surface area contributed by atoms with Crippen LogP contribution < -0.4 is 5.32 Å². The lowest BCUT2D eigenvalue weighted by Gasteiger charge is -2.31. The second-order valence-electron chi connectivity index (χ2n) is 4.64. The van der Waals surface area contributed by atoms with E-state index in [1.165, 1.54) is 12.1 Å². The Balaban J connectivity index is 2.49. The molecule has 1 saturated heterocycles. The molecule has 0 saturated carbocycles. The fraction of sp³-hybridized carbons (Fsp3) is 0.333.